The average Bonchev–Trinajstić information content (AvgIpc) is 3.25. The Balaban J connectivity index is 4.97. The molecule has 0 saturated carbocycles. The van der Waals surface area contributed by atoms with Crippen LogP contribution >= 0.6 is 0 Å². The second-order valence-electron chi connectivity index (χ2n) is 16.7. The summed E-state index contributed by atoms with van der Waals surface area (Å²) in [6, 6.07) is -2.92. The lowest BCUT2D eigenvalue weighted by molar-refractivity contribution is -0.148. The van der Waals surface area contributed by atoms with Gasteiger partial charge in [0.1, 0.15) is 18.1 Å². The molecule has 11 amide bonds. The number of amides is 11. The molecule has 65 heavy (non-hydrogen) atoms. The summed E-state index contributed by atoms with van der Waals surface area (Å²) < 4.78 is 0. The van der Waals surface area contributed by atoms with E-state index in [0.29, 0.717) is 18.8 Å². The van der Waals surface area contributed by atoms with Gasteiger partial charge >= 0.3 is 0 Å². The van der Waals surface area contributed by atoms with Crippen molar-refractivity contribution in [1.29, 1.82) is 0 Å². The van der Waals surface area contributed by atoms with Gasteiger partial charge in [0, 0.05) is 55.8 Å². The summed E-state index contributed by atoms with van der Waals surface area (Å²) in [6.45, 7) is 7.97. The first-order valence-electron chi connectivity index (χ1n) is 21.7. The molecule has 0 aromatic carbocycles. The van der Waals surface area contributed by atoms with Crippen molar-refractivity contribution in [2.24, 2.45) is 11.8 Å². The van der Waals surface area contributed by atoms with Crippen LogP contribution in [-0.2, 0) is 52.7 Å². The Morgan fingerprint density at radius 3 is 1.54 bits per heavy atom. The largest absolute Gasteiger partial charge is 0.358 e. The van der Waals surface area contributed by atoms with Gasteiger partial charge < -0.3 is 56.0 Å². The van der Waals surface area contributed by atoms with Crippen molar-refractivity contribution in [1.82, 2.24) is 56.0 Å². The smallest absolute Gasteiger partial charge is 0.245 e. The number of hydrogen-bond donors (Lipinski definition) is 5. The van der Waals surface area contributed by atoms with Crippen LogP contribution in [0.15, 0.2) is 12.2 Å². The van der Waals surface area contributed by atoms with E-state index in [1.807, 2.05) is 39.8 Å². The third kappa shape index (κ3) is 22.9. The molecule has 0 spiro atoms. The molecule has 0 aromatic rings. The van der Waals surface area contributed by atoms with Gasteiger partial charge in [-0.3, -0.25) is 52.7 Å². The summed E-state index contributed by atoms with van der Waals surface area (Å²) in [5.41, 5.74) is 0. The van der Waals surface area contributed by atoms with Crippen molar-refractivity contribution in [3.8, 4) is 0 Å². The standard InChI is InChI=1S/C43H75N11O11/c1-14-16-17-29(5)18-19-33(55)48-31(15-2)42(64)52(11)26-39(61)51(10)25-37(59)46-22-38(60)49(8)24-36(58)45-21-34(56)47-30(6)41(63)54(13)32(20-28(3)4)43(65)53(12)27-40(62)50(9)23-35(57)44-7/h14,16,28-32H,15,17-27H2,1-13H3,(H,44,57)(H,45,58)(H,46,59)(H,47,56)(H,48,55)/b16-14+/t29?,30-,31+,32+/m1/s1. The molecular formula is C43H75N11O11. The number of rotatable bonds is 28. The van der Waals surface area contributed by atoms with Crippen molar-refractivity contribution in [2.75, 3.05) is 95.1 Å². The molecule has 22 nitrogen and oxygen atoms in total. The van der Waals surface area contributed by atoms with Crippen LogP contribution in [0.3, 0.4) is 0 Å². The van der Waals surface area contributed by atoms with E-state index in [0.717, 1.165) is 16.2 Å². The zero-order valence-electron chi connectivity index (χ0n) is 40.7. The molecule has 0 aliphatic heterocycles. The number of allylic oxidation sites excluding steroid dienone is 2. The Morgan fingerprint density at radius 2 is 1.05 bits per heavy atom. The molecule has 22 heteroatoms. The van der Waals surface area contributed by atoms with Gasteiger partial charge in [-0.25, -0.2) is 0 Å². The molecule has 1 unspecified atom stereocenters. The quantitative estimate of drug-likeness (QED) is 0.0532. The van der Waals surface area contributed by atoms with Crippen molar-refractivity contribution < 1.29 is 52.7 Å². The maximum atomic E-state index is 13.5. The van der Waals surface area contributed by atoms with Gasteiger partial charge in [0.25, 0.3) is 0 Å². The third-order valence-corrected chi connectivity index (χ3v) is 10.3. The highest BCUT2D eigenvalue weighted by Gasteiger charge is 2.33. The normalized spacial score (nSPS) is 12.7. The summed E-state index contributed by atoms with van der Waals surface area (Å²) in [6.07, 6.45) is 6.32. The summed E-state index contributed by atoms with van der Waals surface area (Å²) >= 11 is 0. The second kappa shape index (κ2) is 30.1. The lowest BCUT2D eigenvalue weighted by Gasteiger charge is -2.33. The van der Waals surface area contributed by atoms with Crippen LogP contribution in [0.25, 0.3) is 0 Å². The predicted molar refractivity (Wildman–Crippen MR) is 242 cm³/mol. The van der Waals surface area contributed by atoms with Gasteiger partial charge in [-0.15, -0.1) is 0 Å². The Morgan fingerprint density at radius 1 is 0.554 bits per heavy atom. The topological polar surface area (TPSA) is 267 Å². The van der Waals surface area contributed by atoms with E-state index < -0.39 is 97.5 Å². The second-order valence-corrected chi connectivity index (χ2v) is 16.7. The molecule has 0 aliphatic carbocycles. The summed E-state index contributed by atoms with van der Waals surface area (Å²) in [5, 5.41) is 12.4. The Kier molecular flexibility index (Phi) is 27.3. The van der Waals surface area contributed by atoms with Gasteiger partial charge in [0.15, 0.2) is 0 Å². The highest BCUT2D eigenvalue weighted by Crippen LogP contribution is 2.15. The number of nitrogens with one attached hydrogen (secondary N) is 5. The fraction of sp³-hybridized carbons (Fsp3) is 0.698. The molecule has 0 bridgehead atoms. The van der Waals surface area contributed by atoms with Gasteiger partial charge in [-0.2, -0.15) is 0 Å². The minimum absolute atomic E-state index is 0.0322. The van der Waals surface area contributed by atoms with Crippen LogP contribution < -0.4 is 26.6 Å². The zero-order chi connectivity index (χ0) is 50.1. The van der Waals surface area contributed by atoms with Crippen molar-refractivity contribution in [3.05, 3.63) is 12.2 Å². The van der Waals surface area contributed by atoms with Gasteiger partial charge in [0.05, 0.1) is 45.8 Å². The first kappa shape index (κ1) is 58.9. The highest BCUT2D eigenvalue weighted by atomic mass is 16.2. The first-order chi connectivity index (χ1) is 30.3. The van der Waals surface area contributed by atoms with E-state index in [4.69, 9.17) is 0 Å². The minimum Gasteiger partial charge on any atom is -0.358 e. The monoisotopic (exact) mass is 922 g/mol. The fourth-order valence-electron chi connectivity index (χ4n) is 6.07. The Labute approximate surface area is 383 Å². The minimum atomic E-state index is -1.12. The lowest BCUT2D eigenvalue weighted by atomic mass is 10.0. The molecule has 0 saturated heterocycles. The lowest BCUT2D eigenvalue weighted by Crippen LogP contribution is -2.55. The maximum Gasteiger partial charge on any atom is 0.245 e. The number of carbonyl (C=O) groups is 11. The summed E-state index contributed by atoms with van der Waals surface area (Å²) in [7, 11) is 9.76. The average molecular weight is 922 g/mol. The summed E-state index contributed by atoms with van der Waals surface area (Å²) in [5.74, 6) is -5.78. The van der Waals surface area contributed by atoms with Crippen molar-refractivity contribution >= 4 is 65.0 Å². The van der Waals surface area contributed by atoms with Crippen LogP contribution in [0.5, 0.6) is 0 Å². The van der Waals surface area contributed by atoms with E-state index in [1.54, 1.807) is 6.92 Å². The van der Waals surface area contributed by atoms with Gasteiger partial charge in [-0.05, 0) is 51.4 Å². The molecule has 368 valence electrons. The van der Waals surface area contributed by atoms with E-state index in [2.05, 4.69) is 26.6 Å². The number of likely N-dealkylation sites (N-methyl/N-ethyl adjacent to an activating group) is 7. The Hall–Kier alpha value is -6.09. The van der Waals surface area contributed by atoms with Crippen LogP contribution in [0.2, 0.25) is 0 Å². The van der Waals surface area contributed by atoms with E-state index in [9.17, 15) is 52.7 Å². The molecule has 0 aromatic heterocycles. The molecule has 0 aliphatic rings. The fourth-order valence-corrected chi connectivity index (χ4v) is 6.07. The van der Waals surface area contributed by atoms with Crippen LogP contribution in [0.4, 0.5) is 0 Å². The van der Waals surface area contributed by atoms with E-state index in [1.165, 1.54) is 75.9 Å². The third-order valence-electron chi connectivity index (χ3n) is 10.3. The molecular weight excluding hydrogens is 847 g/mol. The molecule has 0 radical (unpaired) electrons. The maximum absolute atomic E-state index is 13.5. The molecule has 0 fully saturated rings. The first-order valence-corrected chi connectivity index (χ1v) is 21.7. The van der Waals surface area contributed by atoms with Crippen LogP contribution in [0, 0.1) is 11.8 Å². The zero-order valence-corrected chi connectivity index (χ0v) is 40.7. The van der Waals surface area contributed by atoms with E-state index >= 15 is 0 Å². The number of nitrogens with zero attached hydrogens (tertiary/aromatic N) is 6. The Bertz CT molecular complexity index is 1710. The van der Waals surface area contributed by atoms with Crippen molar-refractivity contribution in [2.45, 2.75) is 91.8 Å². The predicted octanol–water partition coefficient (Wildman–Crippen LogP) is -2.09. The number of hydrogen-bond acceptors (Lipinski definition) is 11. The SMILES string of the molecule is C/C=C/CC(C)CCC(=O)N[C@@H](CC)C(=O)N(C)CC(=O)N(C)CC(=O)NCC(=O)N(C)CC(=O)NCC(=O)N[C@H](C)C(=O)N(C)[C@@H](CC(C)C)C(=O)N(C)CC(=O)N(C)CC(=O)NC. The van der Waals surface area contributed by atoms with Crippen LogP contribution in [0.1, 0.15) is 73.6 Å². The van der Waals surface area contributed by atoms with Gasteiger partial charge in [-0.1, -0.05) is 39.8 Å². The molecule has 0 rings (SSSR count). The molecule has 5 N–H and O–H groups in total. The van der Waals surface area contributed by atoms with Crippen LogP contribution in [-0.4, -0.2) is 208 Å². The van der Waals surface area contributed by atoms with E-state index in [-0.39, 0.29) is 50.2 Å². The van der Waals surface area contributed by atoms with Crippen molar-refractivity contribution in [3.63, 3.8) is 0 Å². The highest BCUT2D eigenvalue weighted by molar-refractivity contribution is 5.95. The summed E-state index contributed by atoms with van der Waals surface area (Å²) in [4.78, 5) is 147. The molecule has 0 heterocycles. The number of carbonyl (C=O) groups excluding carboxylic acids is 11. The molecule has 4 atom stereocenters. The van der Waals surface area contributed by atoms with Gasteiger partial charge in [0.2, 0.25) is 65.0 Å².